The van der Waals surface area contributed by atoms with Crippen LogP contribution in [0, 0.1) is 5.82 Å². The van der Waals surface area contributed by atoms with Crippen molar-refractivity contribution in [1.29, 1.82) is 0 Å². The van der Waals surface area contributed by atoms with Crippen molar-refractivity contribution in [3.05, 3.63) is 53.3 Å². The van der Waals surface area contributed by atoms with Crippen LogP contribution in [-0.4, -0.2) is 19.0 Å². The third-order valence-electron chi connectivity index (χ3n) is 3.37. The number of ether oxygens (including phenoxy) is 2. The number of hydrogen-bond donors (Lipinski definition) is 1. The highest BCUT2D eigenvalue weighted by atomic mass is 19.3. The first kappa shape index (κ1) is 18.6. The molecule has 134 valence electrons. The third kappa shape index (κ3) is 4.89. The highest BCUT2D eigenvalue weighted by Crippen LogP contribution is 2.30. The number of benzene rings is 2. The molecule has 0 aliphatic carbocycles. The zero-order valence-electron chi connectivity index (χ0n) is 13.8. The van der Waals surface area contributed by atoms with E-state index in [4.69, 9.17) is 4.74 Å². The van der Waals surface area contributed by atoms with Gasteiger partial charge in [-0.2, -0.15) is 8.78 Å². The quantitative estimate of drug-likeness (QED) is 0.703. The average Bonchev–Trinajstić information content (AvgIpc) is 2.54. The number of hydrogen-bond acceptors (Lipinski definition) is 4. The third-order valence-corrected chi connectivity index (χ3v) is 3.37. The molecule has 0 aromatic heterocycles. The predicted molar refractivity (Wildman–Crippen MR) is 88.0 cm³/mol. The molecular weight excluding hydrogens is 335 g/mol. The fourth-order valence-electron chi connectivity index (χ4n) is 2.35. The van der Waals surface area contributed by atoms with E-state index in [-0.39, 0.29) is 30.2 Å². The molecule has 7 heteroatoms. The number of nitrogens with one attached hydrogen (secondary N) is 1. The lowest BCUT2D eigenvalue weighted by Crippen LogP contribution is -2.08. The molecule has 0 bridgehead atoms. The normalized spacial score (nSPS) is 10.6. The molecule has 0 unspecified atom stereocenters. The molecule has 0 radical (unpaired) electrons. The van der Waals surface area contributed by atoms with Gasteiger partial charge in [0.05, 0.1) is 12.2 Å². The summed E-state index contributed by atoms with van der Waals surface area (Å²) in [6.07, 6.45) is 0. The Bertz CT molecular complexity index is 750. The van der Waals surface area contributed by atoms with Crippen LogP contribution >= 0.6 is 0 Å². The Balaban J connectivity index is 2.20. The molecule has 0 heterocycles. The van der Waals surface area contributed by atoms with Gasteiger partial charge in [-0.1, -0.05) is 12.1 Å². The first-order valence-corrected chi connectivity index (χ1v) is 7.66. The standard InChI is InChI=1S/C18H18F3NO3/c1-3-24-16-9-12(7-8-15(16)25-18(20)21)10-22-14-6-4-5-13(19)17(14)11(2)23/h4-9,18,22H,3,10H2,1-2H3. The van der Waals surface area contributed by atoms with Crippen molar-refractivity contribution in [3.63, 3.8) is 0 Å². The molecule has 0 fully saturated rings. The van der Waals surface area contributed by atoms with Crippen molar-refractivity contribution in [2.24, 2.45) is 0 Å². The van der Waals surface area contributed by atoms with E-state index >= 15 is 0 Å². The van der Waals surface area contributed by atoms with Gasteiger partial charge in [-0.25, -0.2) is 4.39 Å². The molecule has 25 heavy (non-hydrogen) atoms. The summed E-state index contributed by atoms with van der Waals surface area (Å²) in [5, 5.41) is 2.98. The van der Waals surface area contributed by atoms with Gasteiger partial charge in [-0.15, -0.1) is 0 Å². The molecule has 4 nitrogen and oxygen atoms in total. The van der Waals surface area contributed by atoms with Gasteiger partial charge in [0, 0.05) is 12.2 Å². The molecule has 0 spiro atoms. The predicted octanol–water partition coefficient (Wildman–Crippen LogP) is 4.64. The number of anilines is 1. The van der Waals surface area contributed by atoms with Gasteiger partial charge >= 0.3 is 6.61 Å². The molecule has 0 amide bonds. The maximum atomic E-state index is 13.8. The van der Waals surface area contributed by atoms with Gasteiger partial charge in [-0.05, 0) is 43.7 Å². The Morgan fingerprint density at radius 3 is 2.60 bits per heavy atom. The molecule has 0 aliphatic rings. The minimum atomic E-state index is -2.95. The number of ketones is 1. The first-order valence-electron chi connectivity index (χ1n) is 7.66. The summed E-state index contributed by atoms with van der Waals surface area (Å²) in [5.41, 5.74) is 1.03. The van der Waals surface area contributed by atoms with E-state index in [9.17, 15) is 18.0 Å². The maximum absolute atomic E-state index is 13.8. The van der Waals surface area contributed by atoms with Crippen molar-refractivity contribution in [2.45, 2.75) is 27.0 Å². The van der Waals surface area contributed by atoms with Crippen molar-refractivity contribution < 1.29 is 27.4 Å². The second kappa shape index (κ2) is 8.41. The summed E-state index contributed by atoms with van der Waals surface area (Å²) < 4.78 is 48.3. The van der Waals surface area contributed by atoms with Gasteiger partial charge < -0.3 is 14.8 Å². The average molecular weight is 353 g/mol. The van der Waals surface area contributed by atoms with Crippen LogP contribution in [0.2, 0.25) is 0 Å². The van der Waals surface area contributed by atoms with Gasteiger partial charge in [0.1, 0.15) is 5.82 Å². The highest BCUT2D eigenvalue weighted by molar-refractivity contribution is 5.99. The fourth-order valence-corrected chi connectivity index (χ4v) is 2.35. The minimum absolute atomic E-state index is 0.0230. The number of alkyl halides is 2. The Morgan fingerprint density at radius 1 is 1.20 bits per heavy atom. The summed E-state index contributed by atoms with van der Waals surface area (Å²) >= 11 is 0. The van der Waals surface area contributed by atoms with Crippen LogP contribution in [0.4, 0.5) is 18.9 Å². The largest absolute Gasteiger partial charge is 0.490 e. The van der Waals surface area contributed by atoms with Crippen LogP contribution in [0.5, 0.6) is 11.5 Å². The SMILES string of the molecule is CCOc1cc(CNc2cccc(F)c2C(C)=O)ccc1OC(F)F. The Kier molecular flexibility index (Phi) is 6.27. The Morgan fingerprint density at radius 2 is 1.96 bits per heavy atom. The van der Waals surface area contributed by atoms with Crippen LogP contribution in [0.3, 0.4) is 0 Å². The van der Waals surface area contributed by atoms with E-state index in [0.29, 0.717) is 11.3 Å². The monoisotopic (exact) mass is 353 g/mol. The summed E-state index contributed by atoms with van der Waals surface area (Å²) in [6.45, 7) is 0.595. The lowest BCUT2D eigenvalue weighted by atomic mass is 10.1. The van der Waals surface area contributed by atoms with Crippen LogP contribution in [0.1, 0.15) is 29.8 Å². The van der Waals surface area contributed by atoms with Gasteiger partial charge in [0.15, 0.2) is 17.3 Å². The van der Waals surface area contributed by atoms with Crippen molar-refractivity contribution in [2.75, 3.05) is 11.9 Å². The van der Waals surface area contributed by atoms with E-state index < -0.39 is 18.2 Å². The molecule has 0 saturated heterocycles. The second-order valence-corrected chi connectivity index (χ2v) is 5.16. The molecule has 1 N–H and O–H groups in total. The Labute approximate surface area is 143 Å². The van der Waals surface area contributed by atoms with Gasteiger partial charge in [-0.3, -0.25) is 4.79 Å². The van der Waals surface area contributed by atoms with E-state index in [1.54, 1.807) is 25.1 Å². The molecular formula is C18H18F3NO3. The maximum Gasteiger partial charge on any atom is 0.387 e. The molecule has 0 saturated carbocycles. The smallest absolute Gasteiger partial charge is 0.387 e. The summed E-state index contributed by atoms with van der Waals surface area (Å²) in [7, 11) is 0. The number of carbonyl (C=O) groups excluding carboxylic acids is 1. The van der Waals surface area contributed by atoms with E-state index in [1.165, 1.54) is 25.1 Å². The highest BCUT2D eigenvalue weighted by Gasteiger charge is 2.14. The van der Waals surface area contributed by atoms with Crippen LogP contribution in [0.25, 0.3) is 0 Å². The summed E-state index contributed by atoms with van der Waals surface area (Å²) in [4.78, 5) is 11.6. The second-order valence-electron chi connectivity index (χ2n) is 5.16. The van der Waals surface area contributed by atoms with Crippen LogP contribution in [-0.2, 0) is 6.54 Å². The first-order chi connectivity index (χ1) is 11.9. The molecule has 0 atom stereocenters. The van der Waals surface area contributed by atoms with Crippen molar-refractivity contribution >= 4 is 11.5 Å². The molecule has 2 rings (SSSR count). The van der Waals surface area contributed by atoms with Gasteiger partial charge in [0.25, 0.3) is 0 Å². The molecule has 2 aromatic rings. The zero-order chi connectivity index (χ0) is 18.4. The molecule has 0 aliphatic heterocycles. The minimum Gasteiger partial charge on any atom is -0.490 e. The Hall–Kier alpha value is -2.70. The number of rotatable bonds is 8. The van der Waals surface area contributed by atoms with E-state index in [0.717, 1.165) is 0 Å². The van der Waals surface area contributed by atoms with Crippen molar-refractivity contribution in [3.8, 4) is 11.5 Å². The number of Topliss-reactive ketones (excluding diaryl/α,β-unsaturated/α-hetero) is 1. The summed E-state index contributed by atoms with van der Waals surface area (Å²) in [6, 6.07) is 8.82. The van der Waals surface area contributed by atoms with Crippen LogP contribution < -0.4 is 14.8 Å². The number of carbonyl (C=O) groups is 1. The lowest BCUT2D eigenvalue weighted by molar-refractivity contribution is -0.0514. The zero-order valence-corrected chi connectivity index (χ0v) is 13.8. The lowest BCUT2D eigenvalue weighted by Gasteiger charge is -2.14. The van der Waals surface area contributed by atoms with E-state index in [1.807, 2.05) is 0 Å². The van der Waals surface area contributed by atoms with Crippen molar-refractivity contribution in [1.82, 2.24) is 0 Å². The fraction of sp³-hybridized carbons (Fsp3) is 0.278. The van der Waals surface area contributed by atoms with Crippen LogP contribution in [0.15, 0.2) is 36.4 Å². The summed E-state index contributed by atoms with van der Waals surface area (Å²) in [5.74, 6) is -0.867. The number of halogens is 3. The topological polar surface area (TPSA) is 47.6 Å². The molecule has 2 aromatic carbocycles. The van der Waals surface area contributed by atoms with E-state index in [2.05, 4.69) is 10.1 Å². The van der Waals surface area contributed by atoms with Gasteiger partial charge in [0.2, 0.25) is 0 Å².